The van der Waals surface area contributed by atoms with E-state index in [0.717, 1.165) is 5.57 Å². The molecule has 0 spiro atoms. The Morgan fingerprint density at radius 2 is 1.58 bits per heavy atom. The van der Waals surface area contributed by atoms with E-state index in [-0.39, 0.29) is 0 Å². The van der Waals surface area contributed by atoms with Gasteiger partial charge in [0.15, 0.2) is 0 Å². The lowest BCUT2D eigenvalue weighted by atomic mass is 10.0. The highest BCUT2D eigenvalue weighted by Crippen LogP contribution is 2.16. The normalized spacial score (nSPS) is 10.8. The third-order valence-corrected chi connectivity index (χ3v) is 1.63. The zero-order chi connectivity index (χ0) is 9.72. The largest absolute Gasteiger partial charge is 0.0985 e. The summed E-state index contributed by atoms with van der Waals surface area (Å²) in [5, 5.41) is 0. The number of rotatable bonds is 3. The summed E-state index contributed by atoms with van der Waals surface area (Å²) >= 11 is 0. The van der Waals surface area contributed by atoms with Crippen molar-refractivity contribution in [2.75, 3.05) is 0 Å². The zero-order valence-electron chi connectivity index (χ0n) is 8.57. The first-order valence-electron chi connectivity index (χ1n) is 4.13. The van der Waals surface area contributed by atoms with Crippen LogP contribution in [0.4, 0.5) is 0 Å². The van der Waals surface area contributed by atoms with Crippen LogP contribution in [0.25, 0.3) is 0 Å². The van der Waals surface area contributed by atoms with E-state index in [1.54, 1.807) is 0 Å². The quantitative estimate of drug-likeness (QED) is 0.549. The molecule has 0 unspecified atom stereocenters. The van der Waals surface area contributed by atoms with Gasteiger partial charge in [0.05, 0.1) is 0 Å². The Morgan fingerprint density at radius 3 is 1.83 bits per heavy atom. The van der Waals surface area contributed by atoms with Crippen molar-refractivity contribution < 1.29 is 0 Å². The molecule has 0 saturated heterocycles. The second-order valence-electron chi connectivity index (χ2n) is 3.29. The Bertz CT molecular complexity index is 245. The van der Waals surface area contributed by atoms with E-state index in [0.29, 0.717) is 0 Å². The molecule has 0 aliphatic carbocycles. The second-order valence-corrected chi connectivity index (χ2v) is 3.29. The Balaban J connectivity index is 4.90. The van der Waals surface area contributed by atoms with E-state index in [1.165, 1.54) is 16.7 Å². The SMILES string of the molecule is C=CC(=C(C)C)/C(C)=C\C(=C)C. The molecule has 66 valence electrons. The van der Waals surface area contributed by atoms with E-state index >= 15 is 0 Å². The monoisotopic (exact) mass is 162 g/mol. The molecule has 0 heterocycles. The van der Waals surface area contributed by atoms with Gasteiger partial charge in [0.25, 0.3) is 0 Å². The number of allylic oxidation sites excluding steroid dienone is 6. The molecular formula is C12H18. The fraction of sp³-hybridized carbons (Fsp3) is 0.333. The lowest BCUT2D eigenvalue weighted by molar-refractivity contribution is 1.27. The van der Waals surface area contributed by atoms with Crippen molar-refractivity contribution in [1.29, 1.82) is 0 Å². The maximum atomic E-state index is 3.84. The molecule has 0 saturated carbocycles. The molecule has 0 bridgehead atoms. The lowest BCUT2D eigenvalue weighted by Gasteiger charge is -2.04. The fourth-order valence-corrected chi connectivity index (χ4v) is 1.21. The van der Waals surface area contributed by atoms with Gasteiger partial charge in [-0.3, -0.25) is 0 Å². The van der Waals surface area contributed by atoms with E-state index in [2.05, 4.69) is 40.0 Å². The van der Waals surface area contributed by atoms with Gasteiger partial charge >= 0.3 is 0 Å². The molecule has 12 heavy (non-hydrogen) atoms. The van der Waals surface area contributed by atoms with Crippen molar-refractivity contribution in [3.63, 3.8) is 0 Å². The Kier molecular flexibility index (Phi) is 4.35. The Morgan fingerprint density at radius 1 is 1.08 bits per heavy atom. The highest BCUT2D eigenvalue weighted by atomic mass is 14.0. The average Bonchev–Trinajstić information content (AvgIpc) is 1.85. The van der Waals surface area contributed by atoms with Crippen molar-refractivity contribution in [2.24, 2.45) is 0 Å². The minimum atomic E-state index is 1.08. The first kappa shape index (κ1) is 11.0. The lowest BCUT2D eigenvalue weighted by Crippen LogP contribution is -1.84. The zero-order valence-corrected chi connectivity index (χ0v) is 8.57. The summed E-state index contributed by atoms with van der Waals surface area (Å²) in [6.45, 7) is 15.9. The van der Waals surface area contributed by atoms with Crippen molar-refractivity contribution in [1.82, 2.24) is 0 Å². The summed E-state index contributed by atoms with van der Waals surface area (Å²) in [5.41, 5.74) is 4.82. The van der Waals surface area contributed by atoms with Gasteiger partial charge in [0.1, 0.15) is 0 Å². The maximum absolute atomic E-state index is 3.84. The Labute approximate surface area is 76.0 Å². The van der Waals surface area contributed by atoms with Gasteiger partial charge in [-0.25, -0.2) is 0 Å². The molecule has 0 heteroatoms. The van der Waals surface area contributed by atoms with Crippen molar-refractivity contribution in [3.8, 4) is 0 Å². The molecule has 0 aromatic heterocycles. The summed E-state index contributed by atoms with van der Waals surface area (Å²) < 4.78 is 0. The fourth-order valence-electron chi connectivity index (χ4n) is 1.21. The molecule has 0 fully saturated rings. The number of hydrogen-bond acceptors (Lipinski definition) is 0. The highest BCUT2D eigenvalue weighted by molar-refractivity contribution is 5.43. The molecule has 0 aromatic rings. The molecular weight excluding hydrogens is 144 g/mol. The smallest absolute Gasteiger partial charge is 0.0247 e. The summed E-state index contributed by atoms with van der Waals surface area (Å²) in [6, 6.07) is 0. The van der Waals surface area contributed by atoms with Crippen molar-refractivity contribution >= 4 is 0 Å². The van der Waals surface area contributed by atoms with Crippen LogP contribution in [0, 0.1) is 0 Å². The van der Waals surface area contributed by atoms with Crippen LogP contribution in [0.15, 0.2) is 47.6 Å². The molecule has 0 atom stereocenters. The number of hydrogen-bond donors (Lipinski definition) is 0. The third kappa shape index (κ3) is 3.38. The molecule has 0 rings (SSSR count). The second kappa shape index (κ2) is 4.76. The van der Waals surface area contributed by atoms with Crippen LogP contribution in [-0.4, -0.2) is 0 Å². The van der Waals surface area contributed by atoms with Gasteiger partial charge in [-0.2, -0.15) is 0 Å². The topological polar surface area (TPSA) is 0 Å². The van der Waals surface area contributed by atoms with E-state index in [9.17, 15) is 0 Å². The Hall–Kier alpha value is -1.04. The first-order chi connectivity index (χ1) is 5.49. The molecule has 0 aliphatic rings. The van der Waals surface area contributed by atoms with Gasteiger partial charge in [-0.05, 0) is 38.8 Å². The molecule has 0 amide bonds. The third-order valence-electron chi connectivity index (χ3n) is 1.63. The van der Waals surface area contributed by atoms with E-state index < -0.39 is 0 Å². The van der Waals surface area contributed by atoms with Crippen molar-refractivity contribution in [2.45, 2.75) is 27.7 Å². The van der Waals surface area contributed by atoms with E-state index in [4.69, 9.17) is 0 Å². The minimum absolute atomic E-state index is 1.08. The van der Waals surface area contributed by atoms with Crippen molar-refractivity contribution in [3.05, 3.63) is 47.6 Å². The minimum Gasteiger partial charge on any atom is -0.0985 e. The summed E-state index contributed by atoms with van der Waals surface area (Å²) in [5.74, 6) is 0. The molecule has 0 aliphatic heterocycles. The van der Waals surface area contributed by atoms with Gasteiger partial charge in [-0.15, -0.1) is 0 Å². The van der Waals surface area contributed by atoms with Gasteiger partial charge in [0, 0.05) is 0 Å². The molecule has 0 N–H and O–H groups in total. The van der Waals surface area contributed by atoms with Crippen LogP contribution in [0.1, 0.15) is 27.7 Å². The summed E-state index contributed by atoms with van der Waals surface area (Å²) in [6.07, 6.45) is 3.97. The highest BCUT2D eigenvalue weighted by Gasteiger charge is 1.96. The standard InChI is InChI=1S/C12H18/c1-7-12(10(4)5)11(6)8-9(2)3/h7-8H,1-2H2,3-6H3/b11-8-. The molecule has 0 radical (unpaired) electrons. The van der Waals surface area contributed by atoms with Gasteiger partial charge in [0.2, 0.25) is 0 Å². The predicted octanol–water partition coefficient (Wildman–Crippen LogP) is 4.03. The van der Waals surface area contributed by atoms with E-state index in [1.807, 2.05) is 13.0 Å². The predicted molar refractivity (Wildman–Crippen MR) is 57.1 cm³/mol. The maximum Gasteiger partial charge on any atom is -0.0247 e. The van der Waals surface area contributed by atoms with Gasteiger partial charge in [-0.1, -0.05) is 36.5 Å². The molecule has 0 aromatic carbocycles. The van der Waals surface area contributed by atoms with Crippen LogP contribution in [0.2, 0.25) is 0 Å². The van der Waals surface area contributed by atoms with Crippen LogP contribution in [0.5, 0.6) is 0 Å². The van der Waals surface area contributed by atoms with Crippen LogP contribution >= 0.6 is 0 Å². The van der Waals surface area contributed by atoms with Crippen LogP contribution in [0.3, 0.4) is 0 Å². The van der Waals surface area contributed by atoms with Gasteiger partial charge < -0.3 is 0 Å². The summed E-state index contributed by atoms with van der Waals surface area (Å²) in [7, 11) is 0. The van der Waals surface area contributed by atoms with Crippen LogP contribution < -0.4 is 0 Å². The molecule has 0 nitrogen and oxygen atoms in total. The average molecular weight is 162 g/mol. The van der Waals surface area contributed by atoms with Crippen LogP contribution in [-0.2, 0) is 0 Å². The summed E-state index contributed by atoms with van der Waals surface area (Å²) in [4.78, 5) is 0. The first-order valence-corrected chi connectivity index (χ1v) is 4.13.